The normalized spacial score (nSPS) is 12.0. The molecule has 0 aliphatic carbocycles. The highest BCUT2D eigenvalue weighted by Crippen LogP contribution is 2.31. The van der Waals surface area contributed by atoms with Crippen molar-refractivity contribution in [3.05, 3.63) is 82.4 Å². The number of nitro benzene ring substituents is 1. The summed E-state index contributed by atoms with van der Waals surface area (Å²) in [5.74, 6) is -0.528. The first-order valence-electron chi connectivity index (χ1n) is 9.45. The molecule has 8 nitrogen and oxygen atoms in total. The van der Waals surface area contributed by atoms with Crippen molar-refractivity contribution in [2.45, 2.75) is 22.5 Å². The number of primary amides is 1. The molecular weight excluding hydrogens is 414 g/mol. The summed E-state index contributed by atoms with van der Waals surface area (Å²) in [7, 11) is 0. The molecule has 4 aromatic rings. The number of nitrogens with two attached hydrogens (primary N) is 2. The Morgan fingerprint density at radius 2 is 1.84 bits per heavy atom. The van der Waals surface area contributed by atoms with Gasteiger partial charge in [0.2, 0.25) is 5.91 Å². The molecule has 0 radical (unpaired) electrons. The predicted molar refractivity (Wildman–Crippen MR) is 120 cm³/mol. The molecular formula is C22H19N5O3S. The van der Waals surface area contributed by atoms with Crippen LogP contribution in [0.25, 0.3) is 22.2 Å². The van der Waals surface area contributed by atoms with Gasteiger partial charge >= 0.3 is 0 Å². The number of nitro groups is 1. The van der Waals surface area contributed by atoms with Gasteiger partial charge in [0.1, 0.15) is 0 Å². The Hall–Kier alpha value is -3.69. The Morgan fingerprint density at radius 1 is 1.10 bits per heavy atom. The van der Waals surface area contributed by atoms with E-state index in [0.717, 1.165) is 21.6 Å². The second kappa shape index (κ2) is 8.58. The number of carbonyl (C=O) groups is 1. The molecule has 0 bridgehead atoms. The van der Waals surface area contributed by atoms with E-state index in [9.17, 15) is 14.9 Å². The molecule has 5 N–H and O–H groups in total. The van der Waals surface area contributed by atoms with Crippen LogP contribution in [0.3, 0.4) is 0 Å². The number of hydrogen-bond acceptors (Lipinski definition) is 6. The van der Waals surface area contributed by atoms with Crippen LogP contribution in [0.1, 0.15) is 5.56 Å². The van der Waals surface area contributed by atoms with Gasteiger partial charge in [0.25, 0.3) is 5.69 Å². The minimum absolute atomic E-state index is 0.0191. The van der Waals surface area contributed by atoms with Gasteiger partial charge in [-0.1, -0.05) is 48.2 Å². The van der Waals surface area contributed by atoms with Crippen molar-refractivity contribution < 1.29 is 9.72 Å². The highest BCUT2D eigenvalue weighted by molar-refractivity contribution is 7.99. The topological polar surface area (TPSA) is 141 Å². The zero-order valence-electron chi connectivity index (χ0n) is 16.3. The van der Waals surface area contributed by atoms with Crippen molar-refractivity contribution in [2.24, 2.45) is 11.5 Å². The number of H-pyrrole nitrogens is 1. The van der Waals surface area contributed by atoms with Crippen molar-refractivity contribution in [1.82, 2.24) is 9.97 Å². The predicted octanol–water partition coefficient (Wildman–Crippen LogP) is 3.64. The number of nitrogens with zero attached hydrogens (tertiary/aromatic N) is 2. The number of aromatic amines is 1. The minimum Gasteiger partial charge on any atom is -0.368 e. The maximum atomic E-state index is 11.2. The van der Waals surface area contributed by atoms with Crippen LogP contribution in [-0.2, 0) is 11.2 Å². The summed E-state index contributed by atoms with van der Waals surface area (Å²) in [5, 5.41) is 11.6. The SMILES string of the molecule is NC(=O)C(N)Cc1cccc(-c2cccc(Sc3nc4ccc([N+](=O)[O-])cc4[nH]3)c2)c1. The van der Waals surface area contributed by atoms with Gasteiger partial charge in [0.05, 0.1) is 22.0 Å². The first-order chi connectivity index (χ1) is 14.9. The van der Waals surface area contributed by atoms with Gasteiger partial charge in [-0.25, -0.2) is 4.98 Å². The van der Waals surface area contributed by atoms with Gasteiger partial charge < -0.3 is 16.5 Å². The molecule has 0 saturated carbocycles. The van der Waals surface area contributed by atoms with E-state index in [4.69, 9.17) is 11.5 Å². The van der Waals surface area contributed by atoms with Gasteiger partial charge in [-0.3, -0.25) is 14.9 Å². The van der Waals surface area contributed by atoms with E-state index in [1.807, 2.05) is 48.5 Å². The Morgan fingerprint density at radius 3 is 2.58 bits per heavy atom. The van der Waals surface area contributed by atoms with Crippen molar-refractivity contribution in [3.8, 4) is 11.1 Å². The van der Waals surface area contributed by atoms with E-state index in [1.165, 1.54) is 23.9 Å². The van der Waals surface area contributed by atoms with Gasteiger partial charge in [-0.05, 0) is 41.3 Å². The number of carbonyl (C=O) groups excluding carboxylic acids is 1. The van der Waals surface area contributed by atoms with Crippen molar-refractivity contribution in [1.29, 1.82) is 0 Å². The van der Waals surface area contributed by atoms with E-state index in [1.54, 1.807) is 6.07 Å². The fourth-order valence-corrected chi connectivity index (χ4v) is 4.08. The third-order valence-corrected chi connectivity index (χ3v) is 5.66. The first-order valence-corrected chi connectivity index (χ1v) is 10.3. The quantitative estimate of drug-likeness (QED) is 0.300. The Labute approximate surface area is 181 Å². The molecule has 3 aromatic carbocycles. The fraction of sp³-hybridized carbons (Fsp3) is 0.0909. The number of aromatic nitrogens is 2. The maximum absolute atomic E-state index is 11.2. The molecule has 1 amide bonds. The Bertz CT molecular complexity index is 1290. The van der Waals surface area contributed by atoms with Crippen LogP contribution in [0, 0.1) is 10.1 Å². The second-order valence-electron chi connectivity index (χ2n) is 7.04. The fourth-order valence-electron chi connectivity index (χ4n) is 3.22. The number of hydrogen-bond donors (Lipinski definition) is 3. The van der Waals surface area contributed by atoms with Crippen LogP contribution in [0.2, 0.25) is 0 Å². The largest absolute Gasteiger partial charge is 0.368 e. The average molecular weight is 433 g/mol. The molecule has 1 atom stereocenters. The summed E-state index contributed by atoms with van der Waals surface area (Å²) in [5.41, 5.74) is 15.3. The van der Waals surface area contributed by atoms with Gasteiger partial charge in [0, 0.05) is 17.0 Å². The summed E-state index contributed by atoms with van der Waals surface area (Å²) in [6, 6.07) is 19.6. The number of fused-ring (bicyclic) bond motifs is 1. The zero-order chi connectivity index (χ0) is 22.0. The number of non-ortho nitro benzene ring substituents is 1. The average Bonchev–Trinajstić information content (AvgIpc) is 3.15. The van der Waals surface area contributed by atoms with E-state index in [0.29, 0.717) is 22.6 Å². The smallest absolute Gasteiger partial charge is 0.271 e. The number of benzene rings is 3. The summed E-state index contributed by atoms with van der Waals surface area (Å²) in [6.07, 6.45) is 0.378. The maximum Gasteiger partial charge on any atom is 0.271 e. The Kier molecular flexibility index (Phi) is 5.70. The van der Waals surface area contributed by atoms with Crippen LogP contribution in [0.4, 0.5) is 5.69 Å². The molecule has 0 spiro atoms. The van der Waals surface area contributed by atoms with Crippen molar-refractivity contribution in [3.63, 3.8) is 0 Å². The van der Waals surface area contributed by atoms with Gasteiger partial charge in [-0.15, -0.1) is 0 Å². The third kappa shape index (κ3) is 4.73. The van der Waals surface area contributed by atoms with E-state index >= 15 is 0 Å². The molecule has 156 valence electrons. The summed E-state index contributed by atoms with van der Waals surface area (Å²) < 4.78 is 0. The third-order valence-electron chi connectivity index (χ3n) is 4.78. The van der Waals surface area contributed by atoms with Crippen LogP contribution in [0.5, 0.6) is 0 Å². The highest BCUT2D eigenvalue weighted by atomic mass is 32.2. The van der Waals surface area contributed by atoms with E-state index in [-0.39, 0.29) is 5.69 Å². The van der Waals surface area contributed by atoms with Crippen LogP contribution >= 0.6 is 11.8 Å². The lowest BCUT2D eigenvalue weighted by atomic mass is 9.99. The number of imidazole rings is 1. The number of rotatable bonds is 7. The highest BCUT2D eigenvalue weighted by Gasteiger charge is 2.12. The van der Waals surface area contributed by atoms with Crippen LogP contribution < -0.4 is 11.5 Å². The first kappa shape index (κ1) is 20.6. The molecule has 9 heteroatoms. The summed E-state index contributed by atoms with van der Waals surface area (Å²) in [4.78, 5) is 30.4. The Balaban J connectivity index is 1.57. The lowest BCUT2D eigenvalue weighted by molar-refractivity contribution is -0.384. The summed E-state index contributed by atoms with van der Waals surface area (Å²) in [6.45, 7) is 0. The summed E-state index contributed by atoms with van der Waals surface area (Å²) >= 11 is 1.44. The van der Waals surface area contributed by atoms with Gasteiger partial charge in [-0.2, -0.15) is 0 Å². The number of nitrogens with one attached hydrogen (secondary N) is 1. The molecule has 0 aliphatic heterocycles. The minimum atomic E-state index is -0.721. The van der Waals surface area contributed by atoms with Crippen LogP contribution in [-0.4, -0.2) is 26.8 Å². The number of amides is 1. The van der Waals surface area contributed by atoms with E-state index < -0.39 is 16.9 Å². The molecule has 0 fully saturated rings. The molecule has 1 unspecified atom stereocenters. The van der Waals surface area contributed by atoms with Crippen molar-refractivity contribution in [2.75, 3.05) is 0 Å². The monoisotopic (exact) mass is 433 g/mol. The molecule has 0 saturated heterocycles. The standard InChI is InChI=1S/C22H19N5O3S/c23-18(21(24)28)10-13-3-1-4-14(9-13)15-5-2-6-17(11-15)31-22-25-19-8-7-16(27(29)30)12-20(19)26-22/h1-9,11-12,18H,10,23H2,(H2,24,28)(H,25,26). The molecule has 1 heterocycles. The van der Waals surface area contributed by atoms with Gasteiger partial charge in [0.15, 0.2) is 5.16 Å². The molecule has 1 aromatic heterocycles. The second-order valence-corrected chi connectivity index (χ2v) is 8.11. The lowest BCUT2D eigenvalue weighted by Gasteiger charge is -2.10. The molecule has 4 rings (SSSR count). The van der Waals surface area contributed by atoms with Crippen molar-refractivity contribution >= 4 is 34.4 Å². The lowest BCUT2D eigenvalue weighted by Crippen LogP contribution is -2.38. The zero-order valence-corrected chi connectivity index (χ0v) is 17.1. The molecule has 0 aliphatic rings. The van der Waals surface area contributed by atoms with Crippen LogP contribution in [0.15, 0.2) is 76.8 Å². The van der Waals surface area contributed by atoms with E-state index in [2.05, 4.69) is 9.97 Å². The molecule has 31 heavy (non-hydrogen) atoms.